The van der Waals surface area contributed by atoms with Crippen LogP contribution in [0.1, 0.15) is 61.3 Å². The van der Waals surface area contributed by atoms with Gasteiger partial charge in [-0.3, -0.25) is 4.79 Å². The molecule has 0 fully saturated rings. The van der Waals surface area contributed by atoms with E-state index in [0.717, 1.165) is 12.8 Å². The van der Waals surface area contributed by atoms with Crippen LogP contribution >= 0.6 is 0 Å². The summed E-state index contributed by atoms with van der Waals surface area (Å²) in [6, 6.07) is 0. The third-order valence-electron chi connectivity index (χ3n) is 3.95. The van der Waals surface area contributed by atoms with E-state index in [1.807, 2.05) is 0 Å². The molecule has 0 aliphatic heterocycles. The molecule has 0 spiro atoms. The molecule has 0 amide bonds. The number of unbranched alkanes of at least 4 members (excludes halogenated alkanes) is 1. The van der Waals surface area contributed by atoms with Crippen molar-refractivity contribution in [2.45, 2.75) is 61.3 Å². The molecule has 102 valence electrons. The number of hydrogen-bond acceptors (Lipinski definition) is 2. The Balaban J connectivity index is 4.96. The molecule has 0 unspecified atom stereocenters. The van der Waals surface area contributed by atoms with Gasteiger partial charge in [-0.15, -0.1) is 0 Å². The maximum absolute atomic E-state index is 12.4. The van der Waals surface area contributed by atoms with E-state index in [2.05, 4.69) is 48.5 Å². The zero-order valence-corrected chi connectivity index (χ0v) is 12.7. The standard InChI is InChI=1S/C15H30O2/c1-8-9-10-17-14(16)15(11(2)3,12(4)5)13(6)7/h11-13H,8-10H2,1-7H3. The average Bonchev–Trinajstić information content (AvgIpc) is 2.16. The zero-order chi connectivity index (χ0) is 13.6. The minimum absolute atomic E-state index is 0.00838. The largest absolute Gasteiger partial charge is 0.465 e. The Morgan fingerprint density at radius 1 is 1.00 bits per heavy atom. The first-order valence-corrected chi connectivity index (χ1v) is 6.98. The summed E-state index contributed by atoms with van der Waals surface area (Å²) in [4.78, 5) is 12.4. The van der Waals surface area contributed by atoms with Gasteiger partial charge in [0.15, 0.2) is 0 Å². The Hall–Kier alpha value is -0.530. The highest BCUT2D eigenvalue weighted by Crippen LogP contribution is 2.44. The van der Waals surface area contributed by atoms with Gasteiger partial charge in [-0.2, -0.15) is 0 Å². The molecule has 0 radical (unpaired) electrons. The highest BCUT2D eigenvalue weighted by molar-refractivity contribution is 5.77. The molecule has 0 saturated carbocycles. The van der Waals surface area contributed by atoms with Crippen LogP contribution in [0.2, 0.25) is 0 Å². The van der Waals surface area contributed by atoms with Crippen molar-refractivity contribution in [1.82, 2.24) is 0 Å². The summed E-state index contributed by atoms with van der Waals surface area (Å²) in [6.07, 6.45) is 2.02. The second kappa shape index (κ2) is 7.03. The van der Waals surface area contributed by atoms with Gasteiger partial charge in [0.2, 0.25) is 0 Å². The van der Waals surface area contributed by atoms with Crippen LogP contribution in [0.5, 0.6) is 0 Å². The summed E-state index contributed by atoms with van der Waals surface area (Å²) in [5.41, 5.74) is -0.353. The Bertz CT molecular complexity index is 207. The molecule has 2 heteroatoms. The molecule has 0 aromatic carbocycles. The predicted octanol–water partition coefficient (Wildman–Crippen LogP) is 4.28. The molecule has 0 rings (SSSR count). The number of carbonyl (C=O) groups excluding carboxylic acids is 1. The molecule has 0 saturated heterocycles. The van der Waals surface area contributed by atoms with Crippen LogP contribution in [0.15, 0.2) is 0 Å². The van der Waals surface area contributed by atoms with Crippen LogP contribution in [0.3, 0.4) is 0 Å². The molecule has 0 aliphatic rings. The van der Waals surface area contributed by atoms with Gasteiger partial charge < -0.3 is 4.74 Å². The average molecular weight is 242 g/mol. The summed E-state index contributed by atoms with van der Waals surface area (Å²) < 4.78 is 5.49. The smallest absolute Gasteiger partial charge is 0.312 e. The number of ether oxygens (including phenoxy) is 1. The second-order valence-corrected chi connectivity index (χ2v) is 5.89. The van der Waals surface area contributed by atoms with Crippen molar-refractivity contribution in [3.63, 3.8) is 0 Å². The van der Waals surface area contributed by atoms with Gasteiger partial charge in [-0.1, -0.05) is 54.9 Å². The van der Waals surface area contributed by atoms with Crippen molar-refractivity contribution in [3.05, 3.63) is 0 Å². The molecule has 0 aliphatic carbocycles. The molecule has 2 nitrogen and oxygen atoms in total. The van der Waals surface area contributed by atoms with E-state index in [9.17, 15) is 4.79 Å². The molecule has 0 heterocycles. The van der Waals surface area contributed by atoms with E-state index in [4.69, 9.17) is 4.74 Å². The molecular formula is C15H30O2. The lowest BCUT2D eigenvalue weighted by molar-refractivity contribution is -0.167. The predicted molar refractivity (Wildman–Crippen MR) is 72.8 cm³/mol. The van der Waals surface area contributed by atoms with Gasteiger partial charge in [-0.05, 0) is 24.2 Å². The third-order valence-corrected chi connectivity index (χ3v) is 3.95. The van der Waals surface area contributed by atoms with Crippen LogP contribution in [0.25, 0.3) is 0 Å². The van der Waals surface area contributed by atoms with Gasteiger partial charge in [0, 0.05) is 0 Å². The summed E-state index contributed by atoms with van der Waals surface area (Å²) in [5.74, 6) is 0.899. The number of rotatable bonds is 7. The SMILES string of the molecule is CCCCOC(=O)C(C(C)C)(C(C)C)C(C)C. The van der Waals surface area contributed by atoms with E-state index in [0.29, 0.717) is 24.4 Å². The van der Waals surface area contributed by atoms with E-state index >= 15 is 0 Å². The van der Waals surface area contributed by atoms with Crippen LogP contribution in [0, 0.1) is 23.2 Å². The molecule has 0 atom stereocenters. The first kappa shape index (κ1) is 16.5. The molecule has 0 aromatic heterocycles. The zero-order valence-electron chi connectivity index (χ0n) is 12.7. The minimum atomic E-state index is -0.353. The van der Waals surface area contributed by atoms with E-state index in [-0.39, 0.29) is 11.4 Å². The summed E-state index contributed by atoms with van der Waals surface area (Å²) in [6.45, 7) is 15.4. The van der Waals surface area contributed by atoms with E-state index in [1.165, 1.54) is 0 Å². The molecule has 0 bridgehead atoms. The first-order valence-electron chi connectivity index (χ1n) is 6.98. The van der Waals surface area contributed by atoms with Crippen molar-refractivity contribution < 1.29 is 9.53 Å². The minimum Gasteiger partial charge on any atom is -0.465 e. The van der Waals surface area contributed by atoms with Crippen molar-refractivity contribution in [1.29, 1.82) is 0 Å². The maximum atomic E-state index is 12.4. The van der Waals surface area contributed by atoms with Gasteiger partial charge in [0.05, 0.1) is 12.0 Å². The van der Waals surface area contributed by atoms with Crippen molar-refractivity contribution in [2.75, 3.05) is 6.61 Å². The fourth-order valence-electron chi connectivity index (χ4n) is 3.14. The first-order chi connectivity index (χ1) is 7.81. The third kappa shape index (κ3) is 3.46. The topological polar surface area (TPSA) is 26.3 Å². The number of carbonyl (C=O) groups is 1. The van der Waals surface area contributed by atoms with Crippen molar-refractivity contribution in [3.8, 4) is 0 Å². The Morgan fingerprint density at radius 3 is 1.71 bits per heavy atom. The van der Waals surface area contributed by atoms with Gasteiger partial charge >= 0.3 is 5.97 Å². The summed E-state index contributed by atoms with van der Waals surface area (Å²) in [7, 11) is 0. The Kier molecular flexibility index (Phi) is 6.81. The molecule has 0 N–H and O–H groups in total. The Morgan fingerprint density at radius 2 is 1.41 bits per heavy atom. The highest BCUT2D eigenvalue weighted by atomic mass is 16.5. The normalized spacial score (nSPS) is 12.6. The van der Waals surface area contributed by atoms with Crippen LogP contribution in [-0.2, 0) is 9.53 Å². The quantitative estimate of drug-likeness (QED) is 0.492. The maximum Gasteiger partial charge on any atom is 0.312 e. The van der Waals surface area contributed by atoms with Crippen LogP contribution < -0.4 is 0 Å². The number of esters is 1. The van der Waals surface area contributed by atoms with Crippen molar-refractivity contribution >= 4 is 5.97 Å². The lowest BCUT2D eigenvalue weighted by Crippen LogP contribution is -2.46. The molecule has 0 aromatic rings. The Labute approximate surface area is 107 Å². The van der Waals surface area contributed by atoms with Gasteiger partial charge in [0.1, 0.15) is 0 Å². The van der Waals surface area contributed by atoms with Crippen LogP contribution in [0.4, 0.5) is 0 Å². The lowest BCUT2D eigenvalue weighted by Gasteiger charge is -2.42. The van der Waals surface area contributed by atoms with E-state index < -0.39 is 0 Å². The fraction of sp³-hybridized carbons (Fsp3) is 0.933. The fourth-order valence-corrected chi connectivity index (χ4v) is 3.14. The molecule has 17 heavy (non-hydrogen) atoms. The van der Waals surface area contributed by atoms with Gasteiger partial charge in [0.25, 0.3) is 0 Å². The molecular weight excluding hydrogens is 212 g/mol. The summed E-state index contributed by atoms with van der Waals surface area (Å²) >= 11 is 0. The lowest BCUT2D eigenvalue weighted by atomic mass is 9.62. The highest BCUT2D eigenvalue weighted by Gasteiger charge is 2.48. The summed E-state index contributed by atoms with van der Waals surface area (Å²) in [5, 5.41) is 0. The number of hydrogen-bond donors (Lipinski definition) is 0. The van der Waals surface area contributed by atoms with Crippen molar-refractivity contribution in [2.24, 2.45) is 23.2 Å². The van der Waals surface area contributed by atoms with Crippen LogP contribution in [-0.4, -0.2) is 12.6 Å². The van der Waals surface area contributed by atoms with Gasteiger partial charge in [-0.25, -0.2) is 0 Å². The second-order valence-electron chi connectivity index (χ2n) is 5.89. The monoisotopic (exact) mass is 242 g/mol. The van der Waals surface area contributed by atoms with E-state index in [1.54, 1.807) is 0 Å².